The Morgan fingerprint density at radius 2 is 2.00 bits per heavy atom. The highest BCUT2D eigenvalue weighted by Crippen LogP contribution is 2.35. The summed E-state index contributed by atoms with van der Waals surface area (Å²) in [7, 11) is 0. The van der Waals surface area contributed by atoms with Gasteiger partial charge in [0.2, 0.25) is 0 Å². The first kappa shape index (κ1) is 10.9. The van der Waals surface area contributed by atoms with Crippen LogP contribution in [0, 0.1) is 5.41 Å². The summed E-state index contributed by atoms with van der Waals surface area (Å²) in [6.45, 7) is 5.24. The second-order valence-corrected chi connectivity index (χ2v) is 3.98. The molecular formula is C12H16O2. The fraction of sp³-hybridized carbons (Fsp3) is 0.583. The van der Waals surface area contributed by atoms with E-state index >= 15 is 0 Å². The van der Waals surface area contributed by atoms with Gasteiger partial charge in [0.15, 0.2) is 0 Å². The van der Waals surface area contributed by atoms with Gasteiger partial charge in [0.1, 0.15) is 11.6 Å². The van der Waals surface area contributed by atoms with Gasteiger partial charge in [-0.25, -0.2) is 0 Å². The zero-order valence-corrected chi connectivity index (χ0v) is 8.64. The number of hydrogen-bond acceptors (Lipinski definition) is 2. The third-order valence-electron chi connectivity index (χ3n) is 2.98. The van der Waals surface area contributed by atoms with Crippen LogP contribution in [0.3, 0.4) is 0 Å². The van der Waals surface area contributed by atoms with E-state index in [2.05, 4.69) is 12.3 Å². The number of carbonyl (C=O) groups is 2. The summed E-state index contributed by atoms with van der Waals surface area (Å²) in [6, 6.07) is 0. The van der Waals surface area contributed by atoms with Crippen LogP contribution >= 0.6 is 0 Å². The van der Waals surface area contributed by atoms with Crippen molar-refractivity contribution in [2.75, 3.05) is 0 Å². The van der Waals surface area contributed by atoms with E-state index in [4.69, 9.17) is 0 Å². The average Bonchev–Trinajstić information content (AvgIpc) is 2.42. The highest BCUT2D eigenvalue weighted by atomic mass is 16.2. The minimum absolute atomic E-state index is 0.116. The topological polar surface area (TPSA) is 34.1 Å². The number of hydrogen-bond donors (Lipinski definition) is 0. The fourth-order valence-corrected chi connectivity index (χ4v) is 1.87. The van der Waals surface area contributed by atoms with Crippen LogP contribution in [0.5, 0.6) is 0 Å². The van der Waals surface area contributed by atoms with Gasteiger partial charge in [0, 0.05) is 12.8 Å². The molecule has 0 N–H and O–H groups in total. The lowest BCUT2D eigenvalue weighted by molar-refractivity contribution is -0.134. The van der Waals surface area contributed by atoms with Crippen molar-refractivity contribution >= 4 is 11.6 Å². The standard InChI is InChI=1S/C12H16O2/c1-3-4-5-6-9-12(2)10(13)7-8-11(12)14/h4H,1,5-9H2,2H3. The highest BCUT2D eigenvalue weighted by molar-refractivity contribution is 6.12. The van der Waals surface area contributed by atoms with Gasteiger partial charge < -0.3 is 0 Å². The van der Waals surface area contributed by atoms with Crippen molar-refractivity contribution in [1.82, 2.24) is 0 Å². The second kappa shape index (κ2) is 4.39. The molecule has 0 saturated heterocycles. The van der Waals surface area contributed by atoms with Crippen LogP contribution in [0.15, 0.2) is 18.4 Å². The lowest BCUT2D eigenvalue weighted by atomic mass is 9.81. The van der Waals surface area contributed by atoms with Crippen molar-refractivity contribution in [3.63, 3.8) is 0 Å². The minimum Gasteiger partial charge on any atom is -0.299 e. The summed E-state index contributed by atoms with van der Waals surface area (Å²) in [5.74, 6) is 0.232. The first-order valence-corrected chi connectivity index (χ1v) is 5.02. The molecule has 1 rings (SSSR count). The van der Waals surface area contributed by atoms with Gasteiger partial charge in [-0.3, -0.25) is 9.59 Å². The van der Waals surface area contributed by atoms with Crippen molar-refractivity contribution in [3.05, 3.63) is 18.4 Å². The number of unbranched alkanes of at least 4 members (excludes halogenated alkanes) is 1. The van der Waals surface area contributed by atoms with Crippen molar-refractivity contribution in [2.45, 2.75) is 39.0 Å². The maximum atomic E-state index is 11.5. The van der Waals surface area contributed by atoms with Gasteiger partial charge in [-0.15, -0.1) is 5.73 Å². The Hall–Kier alpha value is -1.14. The summed E-state index contributed by atoms with van der Waals surface area (Å²) in [4.78, 5) is 23.0. The molecule has 1 saturated carbocycles. The van der Waals surface area contributed by atoms with E-state index in [-0.39, 0.29) is 11.6 Å². The van der Waals surface area contributed by atoms with Crippen LogP contribution in [-0.2, 0) is 9.59 Å². The zero-order valence-electron chi connectivity index (χ0n) is 8.64. The Kier molecular flexibility index (Phi) is 3.43. The molecule has 0 atom stereocenters. The minimum atomic E-state index is -0.686. The third kappa shape index (κ3) is 2.02. The van der Waals surface area contributed by atoms with Gasteiger partial charge in [-0.05, 0) is 32.3 Å². The number of ketones is 2. The Bertz CT molecular complexity index is 279. The average molecular weight is 192 g/mol. The van der Waals surface area contributed by atoms with Crippen LogP contribution in [0.25, 0.3) is 0 Å². The molecule has 0 amide bonds. The fourth-order valence-electron chi connectivity index (χ4n) is 1.87. The molecule has 0 bridgehead atoms. The first-order valence-electron chi connectivity index (χ1n) is 5.02. The molecule has 0 spiro atoms. The number of Topliss-reactive ketones (excluding diaryl/α,β-unsaturated/α-hetero) is 2. The SMILES string of the molecule is C=C=CCCCC1(C)C(=O)CCC1=O. The van der Waals surface area contributed by atoms with Gasteiger partial charge in [-0.1, -0.05) is 6.58 Å². The van der Waals surface area contributed by atoms with Gasteiger partial charge >= 0.3 is 0 Å². The molecule has 14 heavy (non-hydrogen) atoms. The van der Waals surface area contributed by atoms with E-state index in [0.29, 0.717) is 19.3 Å². The van der Waals surface area contributed by atoms with E-state index < -0.39 is 5.41 Å². The monoisotopic (exact) mass is 192 g/mol. The number of allylic oxidation sites excluding steroid dienone is 1. The second-order valence-electron chi connectivity index (χ2n) is 3.98. The first-order chi connectivity index (χ1) is 6.61. The summed E-state index contributed by atoms with van der Waals surface area (Å²) >= 11 is 0. The molecule has 0 aromatic carbocycles. The summed E-state index contributed by atoms with van der Waals surface area (Å²) in [5.41, 5.74) is 2.00. The van der Waals surface area contributed by atoms with Gasteiger partial charge in [-0.2, -0.15) is 0 Å². The Balaban J connectivity index is 2.52. The zero-order chi connectivity index (χ0) is 10.6. The summed E-state index contributed by atoms with van der Waals surface area (Å²) in [5, 5.41) is 0. The molecule has 1 aliphatic carbocycles. The molecule has 1 aliphatic rings. The van der Waals surface area contributed by atoms with Crippen molar-refractivity contribution in [3.8, 4) is 0 Å². The third-order valence-corrected chi connectivity index (χ3v) is 2.98. The number of carbonyl (C=O) groups excluding carboxylic acids is 2. The lowest BCUT2D eigenvalue weighted by Gasteiger charge is -2.19. The normalized spacial score (nSPS) is 19.5. The van der Waals surface area contributed by atoms with Crippen LogP contribution in [-0.4, -0.2) is 11.6 Å². The van der Waals surface area contributed by atoms with Crippen molar-refractivity contribution in [1.29, 1.82) is 0 Å². The predicted octanol–water partition coefficient (Wildman–Crippen LogP) is 2.44. The van der Waals surface area contributed by atoms with E-state index in [1.807, 2.05) is 6.08 Å². The predicted molar refractivity (Wildman–Crippen MR) is 54.9 cm³/mol. The maximum absolute atomic E-state index is 11.5. The van der Waals surface area contributed by atoms with E-state index in [9.17, 15) is 9.59 Å². The van der Waals surface area contributed by atoms with Crippen LogP contribution < -0.4 is 0 Å². The maximum Gasteiger partial charge on any atom is 0.146 e. The number of rotatable bonds is 4. The molecule has 2 nitrogen and oxygen atoms in total. The largest absolute Gasteiger partial charge is 0.299 e. The summed E-state index contributed by atoms with van der Waals surface area (Å²) < 4.78 is 0. The smallest absolute Gasteiger partial charge is 0.146 e. The molecule has 0 aromatic heterocycles. The molecule has 0 aliphatic heterocycles. The lowest BCUT2D eigenvalue weighted by Crippen LogP contribution is -2.28. The van der Waals surface area contributed by atoms with Gasteiger partial charge in [0.25, 0.3) is 0 Å². The summed E-state index contributed by atoms with van der Waals surface area (Å²) in [6.07, 6.45) is 5.09. The van der Waals surface area contributed by atoms with E-state index in [1.54, 1.807) is 6.92 Å². The Morgan fingerprint density at radius 1 is 1.43 bits per heavy atom. The highest BCUT2D eigenvalue weighted by Gasteiger charge is 2.44. The molecule has 0 heterocycles. The Morgan fingerprint density at radius 3 is 2.50 bits per heavy atom. The molecule has 0 radical (unpaired) electrons. The van der Waals surface area contributed by atoms with Crippen molar-refractivity contribution < 1.29 is 9.59 Å². The van der Waals surface area contributed by atoms with Crippen LogP contribution in [0.4, 0.5) is 0 Å². The molecule has 0 aromatic rings. The molecule has 0 unspecified atom stereocenters. The van der Waals surface area contributed by atoms with Gasteiger partial charge in [0.05, 0.1) is 5.41 Å². The Labute approximate surface area is 84.7 Å². The quantitative estimate of drug-likeness (QED) is 0.389. The van der Waals surface area contributed by atoms with E-state index in [1.165, 1.54) is 0 Å². The van der Waals surface area contributed by atoms with Crippen molar-refractivity contribution in [2.24, 2.45) is 5.41 Å². The molecular weight excluding hydrogens is 176 g/mol. The molecule has 1 fully saturated rings. The molecule has 76 valence electrons. The molecule has 2 heteroatoms. The van der Waals surface area contributed by atoms with E-state index in [0.717, 1.165) is 12.8 Å². The van der Waals surface area contributed by atoms with Crippen LogP contribution in [0.2, 0.25) is 0 Å². The van der Waals surface area contributed by atoms with Crippen LogP contribution in [0.1, 0.15) is 39.0 Å².